The van der Waals surface area contributed by atoms with Crippen molar-refractivity contribution in [3.8, 4) is 5.69 Å². The Morgan fingerprint density at radius 3 is 2.52 bits per heavy atom. The van der Waals surface area contributed by atoms with Crippen LogP contribution in [0.5, 0.6) is 0 Å². The topological polar surface area (TPSA) is 38.1 Å². The van der Waals surface area contributed by atoms with Gasteiger partial charge in [-0.3, -0.25) is 4.79 Å². The molecule has 4 nitrogen and oxygen atoms in total. The maximum Gasteiger partial charge on any atom is 0.257 e. The molecule has 1 heterocycles. The lowest BCUT2D eigenvalue weighted by Crippen LogP contribution is -2.38. The van der Waals surface area contributed by atoms with Crippen LogP contribution in [0.3, 0.4) is 0 Å². The monoisotopic (exact) mass is 375 g/mol. The molecule has 0 spiro atoms. The van der Waals surface area contributed by atoms with E-state index in [0.717, 1.165) is 28.7 Å². The number of carbonyl (C=O) groups excluding carboxylic acids is 1. The number of rotatable bonds is 3. The van der Waals surface area contributed by atoms with E-state index >= 15 is 0 Å². The molecule has 0 N–H and O–H groups in total. The van der Waals surface area contributed by atoms with Crippen LogP contribution in [0.2, 0.25) is 0 Å². The SMILES string of the molecule is Cc1c(C(=O)N(C)C2CCCCC2)cnn1-c1ccc(Br)cc1. The van der Waals surface area contributed by atoms with E-state index in [0.29, 0.717) is 11.6 Å². The molecule has 0 atom stereocenters. The van der Waals surface area contributed by atoms with Crippen molar-refractivity contribution in [3.05, 3.63) is 46.2 Å². The summed E-state index contributed by atoms with van der Waals surface area (Å²) in [6.45, 7) is 1.96. The van der Waals surface area contributed by atoms with E-state index in [1.54, 1.807) is 6.20 Å². The molecule has 0 aliphatic heterocycles. The van der Waals surface area contributed by atoms with Crippen molar-refractivity contribution in [3.63, 3.8) is 0 Å². The standard InChI is InChI=1S/C18H22BrN3O/c1-13-17(18(23)21(2)15-6-4-3-5-7-15)12-20-22(13)16-10-8-14(19)9-11-16/h8-12,15H,3-7H2,1-2H3. The Hall–Kier alpha value is -1.62. The summed E-state index contributed by atoms with van der Waals surface area (Å²) in [7, 11) is 1.93. The lowest BCUT2D eigenvalue weighted by Gasteiger charge is -2.31. The maximum absolute atomic E-state index is 12.8. The molecule has 0 unspecified atom stereocenters. The normalized spacial score (nSPS) is 15.6. The zero-order valence-corrected chi connectivity index (χ0v) is 15.2. The van der Waals surface area contributed by atoms with Crippen molar-refractivity contribution in [1.29, 1.82) is 0 Å². The van der Waals surface area contributed by atoms with Crippen molar-refractivity contribution >= 4 is 21.8 Å². The summed E-state index contributed by atoms with van der Waals surface area (Å²) in [6, 6.07) is 8.30. The first-order valence-corrected chi connectivity index (χ1v) is 8.95. The van der Waals surface area contributed by atoms with Crippen molar-refractivity contribution in [1.82, 2.24) is 14.7 Å². The van der Waals surface area contributed by atoms with E-state index in [4.69, 9.17) is 0 Å². The second kappa shape index (κ2) is 6.87. The van der Waals surface area contributed by atoms with E-state index in [2.05, 4.69) is 21.0 Å². The van der Waals surface area contributed by atoms with Gasteiger partial charge in [0.15, 0.2) is 0 Å². The van der Waals surface area contributed by atoms with Crippen LogP contribution < -0.4 is 0 Å². The van der Waals surface area contributed by atoms with E-state index in [9.17, 15) is 4.79 Å². The van der Waals surface area contributed by atoms with Gasteiger partial charge in [-0.15, -0.1) is 0 Å². The first-order chi connectivity index (χ1) is 11.1. The van der Waals surface area contributed by atoms with E-state index in [1.807, 2.05) is 47.8 Å². The number of carbonyl (C=O) groups is 1. The third-order valence-corrected chi connectivity index (χ3v) is 5.28. The van der Waals surface area contributed by atoms with Gasteiger partial charge in [-0.25, -0.2) is 4.68 Å². The van der Waals surface area contributed by atoms with Crippen LogP contribution >= 0.6 is 15.9 Å². The van der Waals surface area contributed by atoms with Crippen molar-refractivity contribution < 1.29 is 4.79 Å². The van der Waals surface area contributed by atoms with E-state index < -0.39 is 0 Å². The Kier molecular flexibility index (Phi) is 4.85. The molecule has 3 rings (SSSR count). The number of nitrogens with zero attached hydrogens (tertiary/aromatic N) is 3. The molecule has 1 saturated carbocycles. The van der Waals surface area contributed by atoms with Gasteiger partial charge in [0.25, 0.3) is 5.91 Å². The molecule has 1 fully saturated rings. The smallest absolute Gasteiger partial charge is 0.257 e. The largest absolute Gasteiger partial charge is 0.339 e. The lowest BCUT2D eigenvalue weighted by molar-refractivity contribution is 0.0695. The minimum absolute atomic E-state index is 0.0813. The Morgan fingerprint density at radius 1 is 1.22 bits per heavy atom. The molecule has 5 heteroatoms. The second-order valence-corrected chi connectivity index (χ2v) is 7.16. The Balaban J connectivity index is 1.83. The van der Waals surface area contributed by atoms with Crippen LogP contribution in [0.25, 0.3) is 5.69 Å². The second-order valence-electron chi connectivity index (χ2n) is 6.24. The summed E-state index contributed by atoms with van der Waals surface area (Å²) in [5.74, 6) is 0.0813. The van der Waals surface area contributed by atoms with Crippen LogP contribution in [0, 0.1) is 6.92 Å². The average Bonchev–Trinajstić information content (AvgIpc) is 2.96. The summed E-state index contributed by atoms with van der Waals surface area (Å²) >= 11 is 3.44. The first kappa shape index (κ1) is 16.2. The summed E-state index contributed by atoms with van der Waals surface area (Å²) in [5, 5.41) is 4.42. The summed E-state index contributed by atoms with van der Waals surface area (Å²) in [4.78, 5) is 14.7. The molecule has 122 valence electrons. The molecule has 2 aromatic rings. The van der Waals surface area contributed by atoms with Crippen molar-refractivity contribution in [2.75, 3.05) is 7.05 Å². The third-order valence-electron chi connectivity index (χ3n) is 4.75. The number of halogens is 1. The average molecular weight is 376 g/mol. The van der Waals surface area contributed by atoms with Gasteiger partial charge in [0.1, 0.15) is 0 Å². The van der Waals surface area contributed by atoms with Crippen LogP contribution in [0.4, 0.5) is 0 Å². The van der Waals surface area contributed by atoms with Crippen molar-refractivity contribution in [2.24, 2.45) is 0 Å². The van der Waals surface area contributed by atoms with Gasteiger partial charge >= 0.3 is 0 Å². The van der Waals surface area contributed by atoms with E-state index in [-0.39, 0.29) is 5.91 Å². The fourth-order valence-electron chi connectivity index (χ4n) is 3.29. The van der Waals surface area contributed by atoms with Gasteiger partial charge in [-0.2, -0.15) is 5.10 Å². The molecule has 1 aromatic heterocycles. The molecule has 0 bridgehead atoms. The number of hydrogen-bond donors (Lipinski definition) is 0. The predicted octanol–water partition coefficient (Wildman–Crippen LogP) is 4.35. The zero-order valence-electron chi connectivity index (χ0n) is 13.6. The number of hydrogen-bond acceptors (Lipinski definition) is 2. The third kappa shape index (κ3) is 3.34. The number of amides is 1. The zero-order chi connectivity index (χ0) is 16.4. The fraction of sp³-hybridized carbons (Fsp3) is 0.444. The number of aromatic nitrogens is 2. The van der Waals surface area contributed by atoms with E-state index in [1.165, 1.54) is 19.3 Å². The number of benzene rings is 1. The Bertz CT molecular complexity index is 687. The minimum atomic E-state index is 0.0813. The van der Waals surface area contributed by atoms with Gasteiger partial charge in [-0.1, -0.05) is 35.2 Å². The molecular weight excluding hydrogens is 354 g/mol. The molecule has 0 saturated heterocycles. The highest BCUT2D eigenvalue weighted by molar-refractivity contribution is 9.10. The highest BCUT2D eigenvalue weighted by Crippen LogP contribution is 2.24. The summed E-state index contributed by atoms with van der Waals surface area (Å²) in [6.07, 6.45) is 7.65. The van der Waals surface area contributed by atoms with Crippen LogP contribution in [-0.4, -0.2) is 33.7 Å². The van der Waals surface area contributed by atoms with Crippen LogP contribution in [-0.2, 0) is 0 Å². The molecule has 1 aromatic carbocycles. The summed E-state index contributed by atoms with van der Waals surface area (Å²) < 4.78 is 2.85. The van der Waals surface area contributed by atoms with Crippen molar-refractivity contribution in [2.45, 2.75) is 45.1 Å². The first-order valence-electron chi connectivity index (χ1n) is 8.15. The van der Waals surface area contributed by atoms with Gasteiger partial charge < -0.3 is 4.90 Å². The molecule has 0 radical (unpaired) electrons. The van der Waals surface area contributed by atoms with Crippen LogP contribution in [0.1, 0.15) is 48.2 Å². The molecular formula is C18H22BrN3O. The minimum Gasteiger partial charge on any atom is -0.339 e. The van der Waals surface area contributed by atoms with Gasteiger partial charge in [-0.05, 0) is 44.0 Å². The predicted molar refractivity (Wildman–Crippen MR) is 95.0 cm³/mol. The van der Waals surface area contributed by atoms with Gasteiger partial charge in [0, 0.05) is 17.6 Å². The van der Waals surface area contributed by atoms with Gasteiger partial charge in [0.2, 0.25) is 0 Å². The lowest BCUT2D eigenvalue weighted by atomic mass is 9.94. The maximum atomic E-state index is 12.8. The summed E-state index contributed by atoms with van der Waals surface area (Å²) in [5.41, 5.74) is 2.55. The van der Waals surface area contributed by atoms with Gasteiger partial charge in [0.05, 0.1) is 23.1 Å². The Labute approximate surface area is 145 Å². The quantitative estimate of drug-likeness (QED) is 0.799. The molecule has 1 aliphatic carbocycles. The highest BCUT2D eigenvalue weighted by Gasteiger charge is 2.25. The highest BCUT2D eigenvalue weighted by atomic mass is 79.9. The molecule has 1 amide bonds. The van der Waals surface area contributed by atoms with Crippen LogP contribution in [0.15, 0.2) is 34.9 Å². The fourth-order valence-corrected chi connectivity index (χ4v) is 3.55. The molecule has 1 aliphatic rings. The molecule has 23 heavy (non-hydrogen) atoms. The Morgan fingerprint density at radius 2 is 1.87 bits per heavy atom.